The molecule has 130 valence electrons. The van der Waals surface area contributed by atoms with Gasteiger partial charge in [-0.05, 0) is 25.0 Å². The first-order valence-corrected chi connectivity index (χ1v) is 8.61. The van der Waals surface area contributed by atoms with Gasteiger partial charge in [0.2, 0.25) is 0 Å². The van der Waals surface area contributed by atoms with Gasteiger partial charge in [-0.2, -0.15) is 0 Å². The molecule has 4 rings (SSSR count). The summed E-state index contributed by atoms with van der Waals surface area (Å²) in [7, 11) is 0. The van der Waals surface area contributed by atoms with Gasteiger partial charge in [0.1, 0.15) is 17.8 Å². The Kier molecular flexibility index (Phi) is 4.47. The van der Waals surface area contributed by atoms with E-state index in [9.17, 15) is 4.79 Å². The van der Waals surface area contributed by atoms with Gasteiger partial charge in [-0.1, -0.05) is 12.1 Å². The number of carbonyl (C=O) groups is 1. The molecule has 7 heteroatoms. The first-order chi connectivity index (χ1) is 12.3. The number of hydrogen-bond acceptors (Lipinski definition) is 6. The van der Waals surface area contributed by atoms with Crippen LogP contribution in [0.3, 0.4) is 0 Å². The molecule has 2 aliphatic rings. The number of morpholine rings is 1. The van der Waals surface area contributed by atoms with E-state index in [-0.39, 0.29) is 5.91 Å². The van der Waals surface area contributed by atoms with Gasteiger partial charge in [0, 0.05) is 25.2 Å². The van der Waals surface area contributed by atoms with Gasteiger partial charge in [-0.3, -0.25) is 4.79 Å². The average molecular weight is 339 g/mol. The van der Waals surface area contributed by atoms with E-state index < -0.39 is 0 Å². The van der Waals surface area contributed by atoms with Gasteiger partial charge >= 0.3 is 0 Å². The van der Waals surface area contributed by atoms with Crippen molar-refractivity contribution in [3.8, 4) is 0 Å². The van der Waals surface area contributed by atoms with Crippen LogP contribution in [-0.4, -0.2) is 48.2 Å². The van der Waals surface area contributed by atoms with Crippen molar-refractivity contribution in [2.75, 3.05) is 36.5 Å². The number of amides is 1. The lowest BCUT2D eigenvalue weighted by molar-refractivity contribution is 0.0946. The number of ether oxygens (including phenoxy) is 1. The monoisotopic (exact) mass is 339 g/mol. The van der Waals surface area contributed by atoms with Crippen molar-refractivity contribution in [2.45, 2.75) is 18.9 Å². The fourth-order valence-electron chi connectivity index (χ4n) is 2.83. The molecule has 25 heavy (non-hydrogen) atoms. The minimum absolute atomic E-state index is 0.144. The number of carbonyl (C=O) groups excluding carboxylic acids is 1. The van der Waals surface area contributed by atoms with Crippen LogP contribution in [-0.2, 0) is 4.74 Å². The molecule has 0 atom stereocenters. The molecule has 1 saturated heterocycles. The number of rotatable bonds is 5. The summed E-state index contributed by atoms with van der Waals surface area (Å²) >= 11 is 0. The van der Waals surface area contributed by atoms with E-state index in [1.54, 1.807) is 6.07 Å². The molecule has 2 aromatic rings. The molecule has 1 amide bonds. The van der Waals surface area contributed by atoms with E-state index in [4.69, 9.17) is 4.74 Å². The minimum Gasteiger partial charge on any atom is -0.378 e. The van der Waals surface area contributed by atoms with Crippen LogP contribution in [0.2, 0.25) is 0 Å². The van der Waals surface area contributed by atoms with Gasteiger partial charge < -0.3 is 20.3 Å². The Balaban J connectivity index is 1.53. The molecule has 1 aromatic carbocycles. The third-order valence-corrected chi connectivity index (χ3v) is 4.33. The molecule has 7 nitrogen and oxygen atoms in total. The van der Waals surface area contributed by atoms with Gasteiger partial charge in [0.15, 0.2) is 0 Å². The summed E-state index contributed by atoms with van der Waals surface area (Å²) < 4.78 is 5.43. The number of hydrogen-bond donors (Lipinski definition) is 2. The standard InChI is InChI=1S/C18H21N5O2/c24-18(21-13-5-6-13)15-11-17(20-12-19-15)22-14-3-1-2-4-16(14)23-7-9-25-10-8-23/h1-4,11-13H,5-10H2,(H,21,24)(H,19,20,22). The van der Waals surface area contributed by atoms with E-state index in [1.165, 1.54) is 6.33 Å². The Bertz CT molecular complexity index is 757. The summed E-state index contributed by atoms with van der Waals surface area (Å²) in [4.78, 5) is 22.8. The van der Waals surface area contributed by atoms with Crippen molar-refractivity contribution in [3.63, 3.8) is 0 Å². The lowest BCUT2D eigenvalue weighted by Gasteiger charge is -2.30. The Hall–Kier alpha value is -2.67. The summed E-state index contributed by atoms with van der Waals surface area (Å²) in [6, 6.07) is 10.1. The molecule has 1 aromatic heterocycles. The van der Waals surface area contributed by atoms with Crippen LogP contribution in [0, 0.1) is 0 Å². The first-order valence-electron chi connectivity index (χ1n) is 8.61. The Morgan fingerprint density at radius 3 is 2.76 bits per heavy atom. The molecule has 0 radical (unpaired) electrons. The van der Waals surface area contributed by atoms with Crippen molar-refractivity contribution in [1.29, 1.82) is 0 Å². The topological polar surface area (TPSA) is 79.4 Å². The molecule has 2 N–H and O–H groups in total. The predicted molar refractivity (Wildman–Crippen MR) is 95.3 cm³/mol. The molecule has 2 fully saturated rings. The zero-order valence-electron chi connectivity index (χ0n) is 13.9. The summed E-state index contributed by atoms with van der Waals surface area (Å²) in [6.07, 6.45) is 3.52. The maximum atomic E-state index is 12.2. The third-order valence-electron chi connectivity index (χ3n) is 4.33. The zero-order chi connectivity index (χ0) is 17.1. The second-order valence-electron chi connectivity index (χ2n) is 6.28. The van der Waals surface area contributed by atoms with Crippen LogP contribution < -0.4 is 15.5 Å². The molecule has 1 aliphatic heterocycles. The fraction of sp³-hybridized carbons (Fsp3) is 0.389. The van der Waals surface area contributed by atoms with Crippen LogP contribution in [0.25, 0.3) is 0 Å². The first kappa shape index (κ1) is 15.8. The fourth-order valence-corrected chi connectivity index (χ4v) is 2.83. The van der Waals surface area contributed by atoms with E-state index in [2.05, 4.69) is 31.6 Å². The summed E-state index contributed by atoms with van der Waals surface area (Å²) in [5.74, 6) is 0.464. The van der Waals surface area contributed by atoms with Crippen LogP contribution in [0.15, 0.2) is 36.7 Å². The van der Waals surface area contributed by atoms with Gasteiger partial charge in [0.25, 0.3) is 5.91 Å². The smallest absolute Gasteiger partial charge is 0.270 e. The summed E-state index contributed by atoms with van der Waals surface area (Å²) in [6.45, 7) is 3.18. The van der Waals surface area contributed by atoms with Crippen molar-refractivity contribution >= 4 is 23.1 Å². The lowest BCUT2D eigenvalue weighted by atomic mass is 10.2. The van der Waals surface area contributed by atoms with Gasteiger partial charge in [0.05, 0.1) is 24.6 Å². The van der Waals surface area contributed by atoms with Crippen LogP contribution >= 0.6 is 0 Å². The molecule has 1 aliphatic carbocycles. The highest BCUT2D eigenvalue weighted by Gasteiger charge is 2.24. The van der Waals surface area contributed by atoms with Crippen molar-refractivity contribution < 1.29 is 9.53 Å². The normalized spacial score (nSPS) is 17.2. The van der Waals surface area contributed by atoms with E-state index in [0.717, 1.165) is 50.5 Å². The average Bonchev–Trinajstić information content (AvgIpc) is 3.47. The van der Waals surface area contributed by atoms with Crippen LogP contribution in [0.5, 0.6) is 0 Å². The highest BCUT2D eigenvalue weighted by atomic mass is 16.5. The predicted octanol–water partition coefficient (Wildman–Crippen LogP) is 1.95. The van der Waals surface area contributed by atoms with Crippen LogP contribution in [0.1, 0.15) is 23.3 Å². The number of para-hydroxylation sites is 2. The maximum Gasteiger partial charge on any atom is 0.270 e. The number of benzene rings is 1. The van der Waals surface area contributed by atoms with Crippen molar-refractivity contribution in [3.05, 3.63) is 42.4 Å². The second kappa shape index (κ2) is 7.06. The highest BCUT2D eigenvalue weighted by molar-refractivity contribution is 5.93. The molecule has 0 unspecified atom stereocenters. The molecular weight excluding hydrogens is 318 g/mol. The van der Waals surface area contributed by atoms with Crippen molar-refractivity contribution in [1.82, 2.24) is 15.3 Å². The Morgan fingerprint density at radius 1 is 1.16 bits per heavy atom. The van der Waals surface area contributed by atoms with Crippen LogP contribution in [0.4, 0.5) is 17.2 Å². The van der Waals surface area contributed by atoms with Crippen molar-refractivity contribution in [2.24, 2.45) is 0 Å². The summed E-state index contributed by atoms with van der Waals surface area (Å²) in [5, 5.41) is 6.27. The van der Waals surface area contributed by atoms with E-state index >= 15 is 0 Å². The number of anilines is 3. The zero-order valence-corrected chi connectivity index (χ0v) is 13.9. The molecule has 1 saturated carbocycles. The molecule has 0 spiro atoms. The quantitative estimate of drug-likeness (QED) is 0.867. The molecule has 2 heterocycles. The van der Waals surface area contributed by atoms with E-state index in [1.807, 2.05) is 18.2 Å². The minimum atomic E-state index is -0.144. The van der Waals surface area contributed by atoms with E-state index in [0.29, 0.717) is 17.6 Å². The number of aromatic nitrogens is 2. The number of nitrogens with one attached hydrogen (secondary N) is 2. The highest BCUT2D eigenvalue weighted by Crippen LogP contribution is 2.28. The maximum absolute atomic E-state index is 12.2. The summed E-state index contributed by atoms with van der Waals surface area (Å²) in [5.41, 5.74) is 2.44. The molecule has 0 bridgehead atoms. The lowest BCUT2D eigenvalue weighted by Crippen LogP contribution is -2.36. The largest absolute Gasteiger partial charge is 0.378 e. The van der Waals surface area contributed by atoms with Gasteiger partial charge in [-0.25, -0.2) is 9.97 Å². The second-order valence-corrected chi connectivity index (χ2v) is 6.28. The SMILES string of the molecule is O=C(NC1CC1)c1cc(Nc2ccccc2N2CCOCC2)ncn1. The Labute approximate surface area is 146 Å². The number of nitrogens with zero attached hydrogens (tertiary/aromatic N) is 3. The molecular formula is C18H21N5O2. The van der Waals surface area contributed by atoms with Gasteiger partial charge in [-0.15, -0.1) is 0 Å². The third kappa shape index (κ3) is 3.88. The Morgan fingerprint density at radius 2 is 1.96 bits per heavy atom.